The lowest BCUT2D eigenvalue weighted by Crippen LogP contribution is -2.33. The molecular weight excluding hydrogens is 417 g/mol. The zero-order valence-corrected chi connectivity index (χ0v) is 18.0. The van der Waals surface area contributed by atoms with Gasteiger partial charge in [-0.15, -0.1) is 6.58 Å². The molecular formula is C23H24FN3O3S. The topological polar surface area (TPSA) is 71.0 Å². The normalized spacial score (nSPS) is 17.1. The summed E-state index contributed by atoms with van der Waals surface area (Å²) < 4.78 is 19.5. The molecule has 162 valence electrons. The molecule has 1 atom stereocenters. The molecule has 2 amide bonds. The molecule has 2 aromatic carbocycles. The summed E-state index contributed by atoms with van der Waals surface area (Å²) in [6.45, 7) is 6.55. The second-order valence-electron chi connectivity index (χ2n) is 6.81. The van der Waals surface area contributed by atoms with Crippen LogP contribution in [0.25, 0.3) is 0 Å². The lowest BCUT2D eigenvalue weighted by Gasteiger charge is -2.14. The number of hydrogen-bond donors (Lipinski definition) is 1. The van der Waals surface area contributed by atoms with E-state index in [1.54, 1.807) is 42.5 Å². The molecule has 0 spiro atoms. The highest BCUT2D eigenvalue weighted by Gasteiger charge is 2.38. The van der Waals surface area contributed by atoms with Gasteiger partial charge in [0.2, 0.25) is 11.8 Å². The van der Waals surface area contributed by atoms with E-state index in [2.05, 4.69) is 16.9 Å². The van der Waals surface area contributed by atoms with Crippen molar-refractivity contribution in [2.75, 3.05) is 18.5 Å². The van der Waals surface area contributed by atoms with Gasteiger partial charge in [-0.2, -0.15) is 0 Å². The highest BCUT2D eigenvalue weighted by molar-refractivity contribution is 8.15. The number of amidine groups is 1. The fraction of sp³-hybridized carbons (Fsp3) is 0.261. The van der Waals surface area contributed by atoms with Crippen LogP contribution in [0.2, 0.25) is 0 Å². The maximum atomic E-state index is 14.0. The van der Waals surface area contributed by atoms with Gasteiger partial charge in [-0.1, -0.05) is 36.9 Å². The molecule has 0 saturated carbocycles. The zero-order chi connectivity index (χ0) is 22.2. The number of nitrogens with one attached hydrogen (secondary N) is 1. The minimum absolute atomic E-state index is 0.0263. The Balaban J connectivity index is 1.66. The number of rotatable bonds is 9. The number of nitrogens with zero attached hydrogens (tertiary/aromatic N) is 2. The Morgan fingerprint density at radius 2 is 2.03 bits per heavy atom. The molecule has 8 heteroatoms. The van der Waals surface area contributed by atoms with Crippen LogP contribution in [0.4, 0.5) is 15.8 Å². The van der Waals surface area contributed by atoms with Crippen LogP contribution >= 0.6 is 11.8 Å². The van der Waals surface area contributed by atoms with Crippen LogP contribution in [-0.4, -0.2) is 40.3 Å². The van der Waals surface area contributed by atoms with Crippen molar-refractivity contribution in [2.45, 2.75) is 25.0 Å². The highest BCUT2D eigenvalue weighted by Crippen LogP contribution is 2.32. The maximum absolute atomic E-state index is 14.0. The number of thioether (sulfide) groups is 1. The van der Waals surface area contributed by atoms with E-state index in [1.807, 2.05) is 6.92 Å². The molecule has 1 aliphatic heterocycles. The number of aliphatic imine (C=N–C) groups is 1. The van der Waals surface area contributed by atoms with Gasteiger partial charge in [0.1, 0.15) is 22.5 Å². The Bertz CT molecular complexity index is 978. The highest BCUT2D eigenvalue weighted by atomic mass is 32.2. The summed E-state index contributed by atoms with van der Waals surface area (Å²) in [5, 5.41) is 2.51. The summed E-state index contributed by atoms with van der Waals surface area (Å²) in [7, 11) is 0. The SMILES string of the molecule is C=CCN1C(=O)[C@H](CC(=O)Nc2ccc(OCCC)cc2)SC1=Nc1ccccc1F. The third kappa shape index (κ3) is 5.95. The van der Waals surface area contributed by atoms with Gasteiger partial charge in [-0.05, 0) is 42.8 Å². The molecule has 6 nitrogen and oxygen atoms in total. The average Bonchev–Trinajstić information content (AvgIpc) is 3.04. The molecule has 0 radical (unpaired) electrons. The van der Waals surface area contributed by atoms with Crippen molar-refractivity contribution in [3.63, 3.8) is 0 Å². The minimum atomic E-state index is -0.641. The van der Waals surface area contributed by atoms with Crippen LogP contribution in [-0.2, 0) is 9.59 Å². The van der Waals surface area contributed by atoms with E-state index in [0.717, 1.165) is 23.9 Å². The van der Waals surface area contributed by atoms with E-state index < -0.39 is 11.1 Å². The number of carbonyl (C=O) groups is 2. The maximum Gasteiger partial charge on any atom is 0.242 e. The fourth-order valence-corrected chi connectivity index (χ4v) is 4.06. The zero-order valence-electron chi connectivity index (χ0n) is 17.2. The minimum Gasteiger partial charge on any atom is -0.494 e. The fourth-order valence-electron chi connectivity index (χ4n) is 2.90. The summed E-state index contributed by atoms with van der Waals surface area (Å²) >= 11 is 1.15. The Kier molecular flexibility index (Phi) is 7.83. The predicted octanol–water partition coefficient (Wildman–Crippen LogP) is 4.76. The first-order chi connectivity index (χ1) is 15.0. The Morgan fingerprint density at radius 3 is 2.71 bits per heavy atom. The van der Waals surface area contributed by atoms with Crippen molar-refractivity contribution in [1.29, 1.82) is 0 Å². The number of halogens is 1. The van der Waals surface area contributed by atoms with Gasteiger partial charge >= 0.3 is 0 Å². The first-order valence-corrected chi connectivity index (χ1v) is 10.8. The van der Waals surface area contributed by atoms with Crippen molar-refractivity contribution in [3.8, 4) is 5.75 Å². The number of para-hydroxylation sites is 1. The third-order valence-corrected chi connectivity index (χ3v) is 5.56. The van der Waals surface area contributed by atoms with Crippen LogP contribution in [0.5, 0.6) is 5.75 Å². The lowest BCUT2D eigenvalue weighted by atomic mass is 10.2. The number of anilines is 1. The van der Waals surface area contributed by atoms with E-state index in [1.165, 1.54) is 17.0 Å². The number of benzene rings is 2. The largest absolute Gasteiger partial charge is 0.494 e. The second-order valence-corrected chi connectivity index (χ2v) is 7.98. The lowest BCUT2D eigenvalue weighted by molar-refractivity contribution is -0.127. The van der Waals surface area contributed by atoms with E-state index in [4.69, 9.17) is 4.74 Å². The summed E-state index contributed by atoms with van der Waals surface area (Å²) in [5.74, 6) is -0.290. The van der Waals surface area contributed by atoms with E-state index in [0.29, 0.717) is 17.5 Å². The molecule has 31 heavy (non-hydrogen) atoms. The van der Waals surface area contributed by atoms with Gasteiger partial charge in [0.15, 0.2) is 5.17 Å². The number of hydrogen-bond acceptors (Lipinski definition) is 5. The quantitative estimate of drug-likeness (QED) is 0.570. The van der Waals surface area contributed by atoms with Crippen LogP contribution in [0.15, 0.2) is 66.2 Å². The molecule has 0 bridgehead atoms. The van der Waals surface area contributed by atoms with E-state index in [-0.39, 0.29) is 30.5 Å². The number of carbonyl (C=O) groups excluding carboxylic acids is 2. The van der Waals surface area contributed by atoms with Crippen LogP contribution in [0.3, 0.4) is 0 Å². The van der Waals surface area contributed by atoms with Crippen LogP contribution < -0.4 is 10.1 Å². The standard InChI is InChI=1S/C23H24FN3O3S/c1-3-13-27-22(29)20(31-23(27)26-19-8-6-5-7-18(19)24)15-21(28)25-16-9-11-17(12-10-16)30-14-4-2/h3,5-12,20H,1,4,13-15H2,2H3,(H,25,28)/t20-/m0/s1. The molecule has 1 saturated heterocycles. The third-order valence-electron chi connectivity index (χ3n) is 4.38. The van der Waals surface area contributed by atoms with Gasteiger partial charge in [0.05, 0.1) is 6.61 Å². The van der Waals surface area contributed by atoms with Crippen molar-refractivity contribution >= 4 is 40.1 Å². The molecule has 1 heterocycles. The molecule has 3 rings (SSSR count). The molecule has 0 aliphatic carbocycles. The Morgan fingerprint density at radius 1 is 1.29 bits per heavy atom. The van der Waals surface area contributed by atoms with Gasteiger partial charge in [0, 0.05) is 18.7 Å². The average molecular weight is 442 g/mol. The summed E-state index contributed by atoms with van der Waals surface area (Å²) in [6.07, 6.45) is 2.46. The van der Waals surface area contributed by atoms with Crippen molar-refractivity contribution < 1.29 is 18.7 Å². The van der Waals surface area contributed by atoms with Crippen molar-refractivity contribution in [2.24, 2.45) is 4.99 Å². The number of ether oxygens (including phenoxy) is 1. The summed E-state index contributed by atoms with van der Waals surface area (Å²) in [5.41, 5.74) is 0.759. The molecule has 1 aliphatic rings. The van der Waals surface area contributed by atoms with Gasteiger partial charge in [-0.3, -0.25) is 14.5 Å². The van der Waals surface area contributed by atoms with Crippen LogP contribution in [0, 0.1) is 5.82 Å². The Labute approximate surface area is 185 Å². The molecule has 1 N–H and O–H groups in total. The van der Waals surface area contributed by atoms with Crippen molar-refractivity contribution in [1.82, 2.24) is 4.90 Å². The smallest absolute Gasteiger partial charge is 0.242 e. The first-order valence-electron chi connectivity index (χ1n) is 9.96. The number of amides is 2. The summed E-state index contributed by atoms with van der Waals surface area (Å²) in [4.78, 5) is 31.0. The van der Waals surface area contributed by atoms with E-state index >= 15 is 0 Å². The molecule has 0 unspecified atom stereocenters. The predicted molar refractivity (Wildman–Crippen MR) is 122 cm³/mol. The molecule has 2 aromatic rings. The van der Waals surface area contributed by atoms with Gasteiger partial charge in [-0.25, -0.2) is 9.38 Å². The van der Waals surface area contributed by atoms with E-state index in [9.17, 15) is 14.0 Å². The van der Waals surface area contributed by atoms with Crippen LogP contribution in [0.1, 0.15) is 19.8 Å². The van der Waals surface area contributed by atoms with Gasteiger partial charge < -0.3 is 10.1 Å². The Hall–Kier alpha value is -3.13. The van der Waals surface area contributed by atoms with Crippen molar-refractivity contribution in [3.05, 3.63) is 67.0 Å². The monoisotopic (exact) mass is 441 g/mol. The molecule has 1 fully saturated rings. The van der Waals surface area contributed by atoms with Gasteiger partial charge in [0.25, 0.3) is 0 Å². The second kappa shape index (κ2) is 10.8. The first kappa shape index (κ1) is 22.6. The summed E-state index contributed by atoms with van der Waals surface area (Å²) in [6, 6.07) is 13.2. The molecule has 0 aromatic heterocycles.